The average molecular weight is 217 g/mol. The molecular formula is C13H15NS. The van der Waals surface area contributed by atoms with Crippen LogP contribution in [0.4, 0.5) is 0 Å². The number of rotatable bonds is 0. The molecule has 0 aromatic heterocycles. The molecular weight excluding hydrogens is 202 g/mol. The van der Waals surface area contributed by atoms with E-state index in [1.807, 2.05) is 0 Å². The highest BCUT2D eigenvalue weighted by Gasteiger charge is 2.38. The summed E-state index contributed by atoms with van der Waals surface area (Å²) >= 11 is 5.46. The molecule has 1 aliphatic carbocycles. The lowest BCUT2D eigenvalue weighted by atomic mass is 9.83. The lowest BCUT2D eigenvalue weighted by Gasteiger charge is -2.37. The second-order valence-corrected chi connectivity index (χ2v) is 5.18. The van der Waals surface area contributed by atoms with Gasteiger partial charge in [-0.25, -0.2) is 0 Å². The summed E-state index contributed by atoms with van der Waals surface area (Å²) in [5.41, 5.74) is 2.97. The van der Waals surface area contributed by atoms with Gasteiger partial charge in [0.2, 0.25) is 0 Å². The molecule has 3 rings (SSSR count). The zero-order valence-corrected chi connectivity index (χ0v) is 9.57. The topological polar surface area (TPSA) is 12.0 Å². The van der Waals surface area contributed by atoms with Crippen LogP contribution in [0.2, 0.25) is 0 Å². The Morgan fingerprint density at radius 3 is 2.67 bits per heavy atom. The van der Waals surface area contributed by atoms with Crippen LogP contribution in [0.15, 0.2) is 24.3 Å². The molecule has 0 radical (unpaired) electrons. The van der Waals surface area contributed by atoms with Gasteiger partial charge in [0.25, 0.3) is 0 Å². The third kappa shape index (κ3) is 1.48. The molecule has 1 fully saturated rings. The average Bonchev–Trinajstić information content (AvgIpc) is 2.66. The van der Waals surface area contributed by atoms with Crippen molar-refractivity contribution in [1.29, 1.82) is 0 Å². The van der Waals surface area contributed by atoms with Gasteiger partial charge >= 0.3 is 0 Å². The summed E-state index contributed by atoms with van der Waals surface area (Å²) in [6.45, 7) is 0. The molecule has 1 spiro atoms. The summed E-state index contributed by atoms with van der Waals surface area (Å²) < 4.78 is 0. The van der Waals surface area contributed by atoms with E-state index in [2.05, 4.69) is 29.6 Å². The maximum atomic E-state index is 5.46. The molecule has 0 saturated heterocycles. The van der Waals surface area contributed by atoms with E-state index in [1.165, 1.54) is 36.8 Å². The van der Waals surface area contributed by atoms with E-state index < -0.39 is 0 Å². The molecule has 2 heteroatoms. The van der Waals surface area contributed by atoms with Crippen LogP contribution in [0, 0.1) is 0 Å². The molecule has 0 atom stereocenters. The standard InChI is InChI=1S/C13H15NS/c15-12-11-6-2-1-5-10(11)9-13(14-12)7-3-4-8-13/h1-2,5-6H,3-4,7-9H2,(H,14,15). The van der Waals surface area contributed by atoms with Gasteiger partial charge in [0, 0.05) is 11.1 Å². The Hall–Kier alpha value is -0.890. The molecule has 1 nitrogen and oxygen atoms in total. The first kappa shape index (κ1) is 9.34. The Kier molecular flexibility index (Phi) is 2.06. The normalized spacial score (nSPS) is 22.5. The van der Waals surface area contributed by atoms with Crippen molar-refractivity contribution in [3.05, 3.63) is 35.4 Å². The molecule has 15 heavy (non-hydrogen) atoms. The van der Waals surface area contributed by atoms with Crippen LogP contribution < -0.4 is 5.32 Å². The van der Waals surface area contributed by atoms with E-state index in [0.29, 0.717) is 5.54 Å². The zero-order chi connectivity index (χ0) is 10.3. The summed E-state index contributed by atoms with van der Waals surface area (Å²) in [4.78, 5) is 0.957. The van der Waals surface area contributed by atoms with Gasteiger partial charge in [-0.3, -0.25) is 0 Å². The molecule has 1 aliphatic heterocycles. The molecule has 1 saturated carbocycles. The summed E-state index contributed by atoms with van der Waals surface area (Å²) in [6.07, 6.45) is 6.40. The van der Waals surface area contributed by atoms with Crippen LogP contribution in [-0.4, -0.2) is 10.5 Å². The van der Waals surface area contributed by atoms with Crippen molar-refractivity contribution >= 4 is 17.2 Å². The Morgan fingerprint density at radius 1 is 1.13 bits per heavy atom. The minimum absolute atomic E-state index is 0.297. The minimum Gasteiger partial charge on any atom is -0.370 e. The first-order valence-corrected chi connectivity index (χ1v) is 6.10. The highest BCUT2D eigenvalue weighted by molar-refractivity contribution is 7.80. The maximum Gasteiger partial charge on any atom is 0.107 e. The van der Waals surface area contributed by atoms with E-state index in [4.69, 9.17) is 12.2 Å². The largest absolute Gasteiger partial charge is 0.370 e. The third-order valence-electron chi connectivity index (χ3n) is 3.73. The van der Waals surface area contributed by atoms with Gasteiger partial charge in [-0.15, -0.1) is 0 Å². The fraction of sp³-hybridized carbons (Fsp3) is 0.462. The molecule has 1 aromatic carbocycles. The molecule has 2 aliphatic rings. The maximum absolute atomic E-state index is 5.46. The van der Waals surface area contributed by atoms with Crippen molar-refractivity contribution in [2.24, 2.45) is 0 Å². The second-order valence-electron chi connectivity index (χ2n) is 4.78. The Balaban J connectivity index is 2.02. The number of benzene rings is 1. The monoisotopic (exact) mass is 217 g/mol. The zero-order valence-electron chi connectivity index (χ0n) is 8.75. The highest BCUT2D eigenvalue weighted by atomic mass is 32.1. The molecule has 78 valence electrons. The number of thiocarbonyl (C=S) groups is 1. The molecule has 0 amide bonds. The van der Waals surface area contributed by atoms with Gasteiger partial charge in [0.15, 0.2) is 0 Å². The molecule has 1 heterocycles. The van der Waals surface area contributed by atoms with Crippen molar-refractivity contribution in [1.82, 2.24) is 5.32 Å². The predicted molar refractivity (Wildman–Crippen MR) is 66.2 cm³/mol. The van der Waals surface area contributed by atoms with Gasteiger partial charge < -0.3 is 5.32 Å². The predicted octanol–water partition coefficient (Wildman–Crippen LogP) is 2.82. The Labute approximate surface area is 95.9 Å². The smallest absolute Gasteiger partial charge is 0.107 e. The summed E-state index contributed by atoms with van der Waals surface area (Å²) in [6, 6.07) is 8.55. The number of hydrogen-bond donors (Lipinski definition) is 1. The van der Waals surface area contributed by atoms with Crippen molar-refractivity contribution in [3.63, 3.8) is 0 Å². The fourth-order valence-corrected chi connectivity index (χ4v) is 3.38. The van der Waals surface area contributed by atoms with E-state index in [0.717, 1.165) is 11.4 Å². The fourth-order valence-electron chi connectivity index (χ4n) is 2.97. The molecule has 1 N–H and O–H groups in total. The van der Waals surface area contributed by atoms with Crippen LogP contribution in [0.25, 0.3) is 0 Å². The van der Waals surface area contributed by atoms with Gasteiger partial charge in [0.1, 0.15) is 4.99 Å². The van der Waals surface area contributed by atoms with Gasteiger partial charge in [-0.1, -0.05) is 49.3 Å². The minimum atomic E-state index is 0.297. The van der Waals surface area contributed by atoms with Crippen molar-refractivity contribution in [2.75, 3.05) is 0 Å². The highest BCUT2D eigenvalue weighted by Crippen LogP contribution is 2.36. The first-order valence-electron chi connectivity index (χ1n) is 5.70. The molecule has 0 unspecified atom stereocenters. The van der Waals surface area contributed by atoms with Crippen LogP contribution in [0.5, 0.6) is 0 Å². The number of nitrogens with one attached hydrogen (secondary N) is 1. The van der Waals surface area contributed by atoms with E-state index in [1.54, 1.807) is 0 Å². The first-order chi connectivity index (χ1) is 7.29. The molecule has 0 bridgehead atoms. The molecule has 1 aromatic rings. The van der Waals surface area contributed by atoms with E-state index >= 15 is 0 Å². The van der Waals surface area contributed by atoms with Crippen molar-refractivity contribution in [3.8, 4) is 0 Å². The Morgan fingerprint density at radius 2 is 1.87 bits per heavy atom. The number of fused-ring (bicyclic) bond motifs is 1. The Bertz CT molecular complexity index is 405. The lowest BCUT2D eigenvalue weighted by Crippen LogP contribution is -2.51. The summed E-state index contributed by atoms with van der Waals surface area (Å²) in [5, 5.41) is 3.58. The second kappa shape index (κ2) is 3.31. The van der Waals surface area contributed by atoms with Gasteiger partial charge in [-0.2, -0.15) is 0 Å². The van der Waals surface area contributed by atoms with Gasteiger partial charge in [0.05, 0.1) is 0 Å². The quantitative estimate of drug-likeness (QED) is 0.671. The third-order valence-corrected chi connectivity index (χ3v) is 4.05. The van der Waals surface area contributed by atoms with Crippen LogP contribution >= 0.6 is 12.2 Å². The number of hydrogen-bond acceptors (Lipinski definition) is 1. The lowest BCUT2D eigenvalue weighted by molar-refractivity contribution is 0.381. The van der Waals surface area contributed by atoms with Crippen LogP contribution in [-0.2, 0) is 6.42 Å². The van der Waals surface area contributed by atoms with Crippen molar-refractivity contribution < 1.29 is 0 Å². The van der Waals surface area contributed by atoms with E-state index in [9.17, 15) is 0 Å². The van der Waals surface area contributed by atoms with Crippen LogP contribution in [0.3, 0.4) is 0 Å². The van der Waals surface area contributed by atoms with Crippen LogP contribution in [0.1, 0.15) is 36.8 Å². The van der Waals surface area contributed by atoms with Gasteiger partial charge in [-0.05, 0) is 24.8 Å². The van der Waals surface area contributed by atoms with Crippen molar-refractivity contribution in [2.45, 2.75) is 37.6 Å². The SMILES string of the molecule is S=C1NC2(CCCC2)Cc2ccccc21. The van der Waals surface area contributed by atoms with E-state index in [-0.39, 0.29) is 0 Å². The summed E-state index contributed by atoms with van der Waals surface area (Å²) in [5.74, 6) is 0. The summed E-state index contributed by atoms with van der Waals surface area (Å²) in [7, 11) is 0.